The van der Waals surface area contributed by atoms with Gasteiger partial charge in [0.05, 0.1) is 0 Å². The van der Waals surface area contributed by atoms with E-state index in [9.17, 15) is 4.79 Å². The Morgan fingerprint density at radius 3 is 2.94 bits per heavy atom. The van der Waals surface area contributed by atoms with Gasteiger partial charge in [0.2, 0.25) is 5.79 Å². The third-order valence-electron chi connectivity index (χ3n) is 2.65. The Morgan fingerprint density at radius 2 is 2.35 bits per heavy atom. The van der Waals surface area contributed by atoms with Gasteiger partial charge in [0.25, 0.3) is 0 Å². The predicted octanol–water partition coefficient (Wildman–Crippen LogP) is 3.08. The Kier molecular flexibility index (Phi) is 3.54. The molecule has 92 valence electrons. The van der Waals surface area contributed by atoms with E-state index in [1.807, 2.05) is 24.3 Å². The van der Waals surface area contributed by atoms with E-state index in [1.54, 1.807) is 0 Å². The highest BCUT2D eigenvalue weighted by Crippen LogP contribution is 2.34. The Hall–Kier alpha value is -1.26. The minimum Gasteiger partial charge on any atom is -0.450 e. The summed E-state index contributed by atoms with van der Waals surface area (Å²) >= 11 is 5.87. The minimum atomic E-state index is -1.29. The third kappa shape index (κ3) is 3.61. The molecule has 1 aliphatic rings. The molecule has 1 fully saturated rings. The van der Waals surface area contributed by atoms with E-state index < -0.39 is 11.9 Å². The summed E-state index contributed by atoms with van der Waals surface area (Å²) in [7, 11) is 0. The molecule has 1 saturated heterocycles. The first-order chi connectivity index (χ1) is 8.10. The normalized spacial score (nSPS) is 22.2. The number of rotatable bonds is 5. The SMILES string of the molecule is O=C(O)OC1(CCCc2cccc(Cl)c2)CO1. The molecule has 4 nitrogen and oxygen atoms in total. The molecule has 5 heteroatoms. The van der Waals surface area contributed by atoms with Gasteiger partial charge in [0.1, 0.15) is 6.61 Å². The summed E-state index contributed by atoms with van der Waals surface area (Å²) in [5.74, 6) is -0.885. The van der Waals surface area contributed by atoms with Crippen LogP contribution in [0, 0.1) is 0 Å². The van der Waals surface area contributed by atoms with E-state index >= 15 is 0 Å². The largest absolute Gasteiger partial charge is 0.508 e. The Bertz CT molecular complexity index is 415. The molecular weight excluding hydrogens is 244 g/mol. The van der Waals surface area contributed by atoms with Crippen molar-refractivity contribution in [1.29, 1.82) is 0 Å². The van der Waals surface area contributed by atoms with Crippen LogP contribution >= 0.6 is 11.6 Å². The molecule has 1 heterocycles. The van der Waals surface area contributed by atoms with Crippen LogP contribution in [0.25, 0.3) is 0 Å². The summed E-state index contributed by atoms with van der Waals surface area (Å²) in [4.78, 5) is 10.4. The average molecular weight is 257 g/mol. The van der Waals surface area contributed by atoms with E-state index in [4.69, 9.17) is 21.4 Å². The number of ether oxygens (including phenoxy) is 2. The van der Waals surface area contributed by atoms with Gasteiger partial charge in [0, 0.05) is 11.4 Å². The molecule has 17 heavy (non-hydrogen) atoms. The van der Waals surface area contributed by atoms with Gasteiger partial charge in [-0.15, -0.1) is 0 Å². The quantitative estimate of drug-likeness (QED) is 0.650. The zero-order valence-electron chi connectivity index (χ0n) is 9.19. The standard InChI is InChI=1S/C12H13ClO4/c13-10-5-1-3-9(7-10)4-2-6-12(8-16-12)17-11(14)15/h1,3,5,7H,2,4,6,8H2,(H,14,15). The number of epoxide rings is 1. The second-order valence-electron chi connectivity index (χ2n) is 4.05. The summed E-state index contributed by atoms with van der Waals surface area (Å²) in [6.07, 6.45) is 0.916. The van der Waals surface area contributed by atoms with Crippen molar-refractivity contribution < 1.29 is 19.4 Å². The molecule has 0 aromatic heterocycles. The van der Waals surface area contributed by atoms with Crippen molar-refractivity contribution in [3.8, 4) is 0 Å². The molecule has 2 rings (SSSR count). The monoisotopic (exact) mass is 256 g/mol. The summed E-state index contributed by atoms with van der Waals surface area (Å²) in [5, 5.41) is 9.23. The molecule has 1 atom stereocenters. The van der Waals surface area contributed by atoms with Crippen molar-refractivity contribution in [2.45, 2.75) is 25.0 Å². The van der Waals surface area contributed by atoms with Gasteiger partial charge in [-0.2, -0.15) is 0 Å². The van der Waals surface area contributed by atoms with Crippen LogP contribution in [-0.2, 0) is 15.9 Å². The highest BCUT2D eigenvalue weighted by atomic mass is 35.5. The van der Waals surface area contributed by atoms with Gasteiger partial charge in [0.15, 0.2) is 0 Å². The first kappa shape index (κ1) is 12.2. The molecule has 1 N–H and O–H groups in total. The predicted molar refractivity (Wildman–Crippen MR) is 62.2 cm³/mol. The van der Waals surface area contributed by atoms with Crippen molar-refractivity contribution in [3.05, 3.63) is 34.9 Å². The molecule has 1 aromatic carbocycles. The van der Waals surface area contributed by atoms with Gasteiger partial charge < -0.3 is 14.6 Å². The molecule has 1 aromatic rings. The van der Waals surface area contributed by atoms with Crippen LogP contribution in [0.1, 0.15) is 18.4 Å². The molecular formula is C12H13ClO4. The lowest BCUT2D eigenvalue weighted by molar-refractivity contribution is -0.0241. The summed E-state index contributed by atoms with van der Waals surface area (Å²) in [5.41, 5.74) is 1.13. The maximum atomic E-state index is 10.4. The smallest absolute Gasteiger partial charge is 0.450 e. The van der Waals surface area contributed by atoms with E-state index in [-0.39, 0.29) is 0 Å². The van der Waals surface area contributed by atoms with Crippen LogP contribution in [0.15, 0.2) is 24.3 Å². The van der Waals surface area contributed by atoms with Crippen molar-refractivity contribution in [2.75, 3.05) is 6.61 Å². The summed E-state index contributed by atoms with van der Waals surface area (Å²) in [6.45, 7) is 0.356. The van der Waals surface area contributed by atoms with Crippen LogP contribution in [-0.4, -0.2) is 23.7 Å². The molecule has 0 bridgehead atoms. The second kappa shape index (κ2) is 4.94. The number of halogens is 1. The van der Waals surface area contributed by atoms with Crippen molar-refractivity contribution in [2.24, 2.45) is 0 Å². The number of carboxylic acid groups (broad SMARTS) is 1. The first-order valence-electron chi connectivity index (χ1n) is 5.40. The number of benzene rings is 1. The fourth-order valence-electron chi connectivity index (χ4n) is 1.75. The highest BCUT2D eigenvalue weighted by Gasteiger charge is 2.48. The van der Waals surface area contributed by atoms with Crippen molar-refractivity contribution in [1.82, 2.24) is 0 Å². The van der Waals surface area contributed by atoms with E-state index in [0.717, 1.165) is 18.4 Å². The highest BCUT2D eigenvalue weighted by molar-refractivity contribution is 6.30. The number of aryl methyl sites for hydroxylation is 1. The van der Waals surface area contributed by atoms with Crippen molar-refractivity contribution in [3.63, 3.8) is 0 Å². The maximum absolute atomic E-state index is 10.4. The maximum Gasteiger partial charge on any atom is 0.508 e. The van der Waals surface area contributed by atoms with Gasteiger partial charge in [-0.05, 0) is 30.5 Å². The molecule has 0 saturated carbocycles. The van der Waals surface area contributed by atoms with E-state index in [0.29, 0.717) is 18.1 Å². The lowest BCUT2D eigenvalue weighted by Gasteiger charge is -2.10. The van der Waals surface area contributed by atoms with E-state index in [2.05, 4.69) is 4.74 Å². The van der Waals surface area contributed by atoms with Crippen LogP contribution in [0.3, 0.4) is 0 Å². The zero-order valence-corrected chi connectivity index (χ0v) is 9.94. The molecule has 0 spiro atoms. The summed E-state index contributed by atoms with van der Waals surface area (Å²) in [6, 6.07) is 7.61. The molecule has 1 unspecified atom stereocenters. The van der Waals surface area contributed by atoms with Crippen molar-refractivity contribution >= 4 is 17.8 Å². The Morgan fingerprint density at radius 1 is 1.59 bits per heavy atom. The van der Waals surface area contributed by atoms with Crippen LogP contribution in [0.4, 0.5) is 4.79 Å². The first-order valence-corrected chi connectivity index (χ1v) is 5.78. The Balaban J connectivity index is 1.78. The minimum absolute atomic E-state index is 0.356. The van der Waals surface area contributed by atoms with Gasteiger partial charge in [-0.1, -0.05) is 23.7 Å². The third-order valence-corrected chi connectivity index (χ3v) is 2.89. The molecule has 0 aliphatic carbocycles. The fraction of sp³-hybridized carbons (Fsp3) is 0.417. The van der Waals surface area contributed by atoms with Crippen LogP contribution in [0.5, 0.6) is 0 Å². The van der Waals surface area contributed by atoms with E-state index in [1.165, 1.54) is 0 Å². The number of carbonyl (C=O) groups is 1. The van der Waals surface area contributed by atoms with Gasteiger partial charge in [-0.3, -0.25) is 0 Å². The van der Waals surface area contributed by atoms with Gasteiger partial charge >= 0.3 is 6.16 Å². The topological polar surface area (TPSA) is 59.1 Å². The van der Waals surface area contributed by atoms with Crippen LogP contribution < -0.4 is 0 Å². The Labute approximate surface area is 104 Å². The molecule has 0 radical (unpaired) electrons. The molecule has 1 aliphatic heterocycles. The fourth-order valence-corrected chi connectivity index (χ4v) is 1.96. The lowest BCUT2D eigenvalue weighted by Crippen LogP contribution is -2.20. The van der Waals surface area contributed by atoms with Gasteiger partial charge in [-0.25, -0.2) is 4.79 Å². The number of hydrogen-bond acceptors (Lipinski definition) is 3. The number of hydrogen-bond donors (Lipinski definition) is 1. The van der Waals surface area contributed by atoms with Crippen LogP contribution in [0.2, 0.25) is 5.02 Å². The lowest BCUT2D eigenvalue weighted by atomic mass is 10.1. The second-order valence-corrected chi connectivity index (χ2v) is 4.49. The average Bonchev–Trinajstić information content (AvgIpc) is 2.97. The molecule has 0 amide bonds. The zero-order chi connectivity index (χ0) is 12.3. The summed E-state index contributed by atoms with van der Waals surface area (Å²) < 4.78 is 9.72.